The van der Waals surface area contributed by atoms with E-state index in [1.54, 1.807) is 12.1 Å². The summed E-state index contributed by atoms with van der Waals surface area (Å²) in [5, 5.41) is 3.35. The van der Waals surface area contributed by atoms with Crippen LogP contribution in [-0.2, 0) is 4.74 Å². The van der Waals surface area contributed by atoms with Crippen molar-refractivity contribution in [3.8, 4) is 5.75 Å². The predicted octanol–water partition coefficient (Wildman–Crippen LogP) is 3.44. The first-order valence-corrected chi connectivity index (χ1v) is 7.48. The van der Waals surface area contributed by atoms with Gasteiger partial charge in [0.15, 0.2) is 11.6 Å². The van der Waals surface area contributed by atoms with Gasteiger partial charge in [0, 0.05) is 18.9 Å². The maximum Gasteiger partial charge on any atom is 0.165 e. The molecule has 1 atom stereocenters. The van der Waals surface area contributed by atoms with E-state index < -0.39 is 0 Å². The number of hydrogen-bond acceptors (Lipinski definition) is 3. The molecule has 0 spiro atoms. The van der Waals surface area contributed by atoms with Gasteiger partial charge in [0.1, 0.15) is 6.10 Å². The first-order chi connectivity index (χ1) is 9.70. The lowest BCUT2D eigenvalue weighted by Crippen LogP contribution is -2.26. The molecular formula is C16H24FNO2. The van der Waals surface area contributed by atoms with Gasteiger partial charge in [0.2, 0.25) is 0 Å². The zero-order valence-corrected chi connectivity index (χ0v) is 12.3. The molecule has 112 valence electrons. The van der Waals surface area contributed by atoms with Crippen LogP contribution in [0.1, 0.15) is 44.7 Å². The highest BCUT2D eigenvalue weighted by Gasteiger charge is 2.17. The Morgan fingerprint density at radius 1 is 1.40 bits per heavy atom. The lowest BCUT2D eigenvalue weighted by atomic mass is 10.1. The largest absolute Gasteiger partial charge is 0.487 e. The molecule has 1 saturated heterocycles. The molecule has 1 N–H and O–H groups in total. The van der Waals surface area contributed by atoms with E-state index in [0.717, 1.165) is 31.4 Å². The molecule has 1 aliphatic heterocycles. The molecule has 0 radical (unpaired) electrons. The SMILES string of the molecule is CCCNC(C)c1ccc(OC2CCOCC2)c(F)c1. The third kappa shape index (κ3) is 4.18. The van der Waals surface area contributed by atoms with E-state index in [1.165, 1.54) is 0 Å². The van der Waals surface area contributed by atoms with Gasteiger partial charge in [-0.15, -0.1) is 0 Å². The van der Waals surface area contributed by atoms with Crippen molar-refractivity contribution in [2.24, 2.45) is 0 Å². The van der Waals surface area contributed by atoms with Gasteiger partial charge in [-0.1, -0.05) is 13.0 Å². The van der Waals surface area contributed by atoms with Crippen molar-refractivity contribution in [2.75, 3.05) is 19.8 Å². The summed E-state index contributed by atoms with van der Waals surface area (Å²) in [5.41, 5.74) is 0.954. The number of hydrogen-bond donors (Lipinski definition) is 1. The zero-order chi connectivity index (χ0) is 14.4. The van der Waals surface area contributed by atoms with E-state index in [4.69, 9.17) is 9.47 Å². The Hall–Kier alpha value is -1.13. The Kier molecular flexibility index (Phi) is 5.80. The Balaban J connectivity index is 1.97. The lowest BCUT2D eigenvalue weighted by molar-refractivity contribution is 0.0240. The summed E-state index contributed by atoms with van der Waals surface area (Å²) in [5.74, 6) is 0.0717. The molecule has 0 saturated carbocycles. The number of halogens is 1. The molecular weight excluding hydrogens is 257 g/mol. The molecule has 0 amide bonds. The second kappa shape index (κ2) is 7.60. The summed E-state index contributed by atoms with van der Waals surface area (Å²) in [6.45, 7) is 6.49. The van der Waals surface area contributed by atoms with Crippen LogP contribution in [0.15, 0.2) is 18.2 Å². The first kappa shape index (κ1) is 15.3. The minimum Gasteiger partial charge on any atom is -0.487 e. The second-order valence-corrected chi connectivity index (χ2v) is 5.30. The van der Waals surface area contributed by atoms with Gasteiger partial charge in [-0.2, -0.15) is 0 Å². The van der Waals surface area contributed by atoms with Crippen molar-refractivity contribution >= 4 is 0 Å². The molecule has 1 heterocycles. The first-order valence-electron chi connectivity index (χ1n) is 7.48. The number of benzene rings is 1. The smallest absolute Gasteiger partial charge is 0.165 e. The Bertz CT molecular complexity index is 419. The molecule has 1 unspecified atom stereocenters. The van der Waals surface area contributed by atoms with Crippen molar-refractivity contribution in [1.29, 1.82) is 0 Å². The van der Waals surface area contributed by atoms with E-state index in [2.05, 4.69) is 12.2 Å². The molecule has 1 aromatic rings. The summed E-state index contributed by atoms with van der Waals surface area (Å²) < 4.78 is 25.1. The molecule has 1 aliphatic rings. The molecule has 1 aromatic carbocycles. The minimum absolute atomic E-state index is 0.0692. The quantitative estimate of drug-likeness (QED) is 0.866. The second-order valence-electron chi connectivity index (χ2n) is 5.30. The predicted molar refractivity (Wildman–Crippen MR) is 77.6 cm³/mol. The van der Waals surface area contributed by atoms with E-state index in [-0.39, 0.29) is 18.0 Å². The van der Waals surface area contributed by atoms with Crippen LogP contribution in [0.25, 0.3) is 0 Å². The molecule has 20 heavy (non-hydrogen) atoms. The maximum atomic E-state index is 14.1. The van der Waals surface area contributed by atoms with Gasteiger partial charge < -0.3 is 14.8 Å². The summed E-state index contributed by atoms with van der Waals surface area (Å²) in [4.78, 5) is 0. The number of ether oxygens (including phenoxy) is 2. The van der Waals surface area contributed by atoms with Crippen molar-refractivity contribution in [3.05, 3.63) is 29.6 Å². The van der Waals surface area contributed by atoms with Crippen LogP contribution in [0.3, 0.4) is 0 Å². The fraction of sp³-hybridized carbons (Fsp3) is 0.625. The molecule has 4 heteroatoms. The van der Waals surface area contributed by atoms with Crippen LogP contribution in [0, 0.1) is 5.82 Å². The highest BCUT2D eigenvalue weighted by molar-refractivity contribution is 5.31. The summed E-state index contributed by atoms with van der Waals surface area (Å²) >= 11 is 0. The lowest BCUT2D eigenvalue weighted by Gasteiger charge is -2.24. The Morgan fingerprint density at radius 3 is 2.80 bits per heavy atom. The number of rotatable bonds is 6. The minimum atomic E-state index is -0.279. The van der Waals surface area contributed by atoms with Crippen molar-refractivity contribution in [2.45, 2.75) is 45.3 Å². The third-order valence-electron chi connectivity index (χ3n) is 3.62. The topological polar surface area (TPSA) is 30.5 Å². The molecule has 0 aromatic heterocycles. The summed E-state index contributed by atoms with van der Waals surface area (Å²) in [6, 6.07) is 5.40. The van der Waals surface area contributed by atoms with Crippen LogP contribution in [0.4, 0.5) is 4.39 Å². The van der Waals surface area contributed by atoms with Gasteiger partial charge in [0.25, 0.3) is 0 Å². The molecule has 1 fully saturated rings. The van der Waals surface area contributed by atoms with Crippen molar-refractivity contribution in [1.82, 2.24) is 5.32 Å². The van der Waals surface area contributed by atoms with Crippen LogP contribution < -0.4 is 10.1 Å². The number of nitrogens with one attached hydrogen (secondary N) is 1. The summed E-state index contributed by atoms with van der Waals surface area (Å²) in [7, 11) is 0. The molecule has 3 nitrogen and oxygen atoms in total. The molecule has 2 rings (SSSR count). The van der Waals surface area contributed by atoms with Crippen molar-refractivity contribution in [3.63, 3.8) is 0 Å². The molecule has 0 aliphatic carbocycles. The van der Waals surface area contributed by atoms with E-state index in [9.17, 15) is 4.39 Å². The highest BCUT2D eigenvalue weighted by Crippen LogP contribution is 2.25. The summed E-state index contributed by atoms with van der Waals surface area (Å²) in [6.07, 6.45) is 2.79. The van der Waals surface area contributed by atoms with Crippen LogP contribution >= 0.6 is 0 Å². The van der Waals surface area contributed by atoms with Crippen LogP contribution in [0.5, 0.6) is 5.75 Å². The average Bonchev–Trinajstić information content (AvgIpc) is 2.48. The van der Waals surface area contributed by atoms with Gasteiger partial charge in [-0.3, -0.25) is 0 Å². The zero-order valence-electron chi connectivity index (χ0n) is 12.3. The monoisotopic (exact) mass is 281 g/mol. The fourth-order valence-corrected chi connectivity index (χ4v) is 2.33. The van der Waals surface area contributed by atoms with E-state index in [0.29, 0.717) is 19.0 Å². The average molecular weight is 281 g/mol. The van der Waals surface area contributed by atoms with Gasteiger partial charge in [-0.05, 0) is 37.6 Å². The fourth-order valence-electron chi connectivity index (χ4n) is 2.33. The third-order valence-corrected chi connectivity index (χ3v) is 3.62. The standard InChI is InChI=1S/C16H24FNO2/c1-3-8-18-12(2)13-4-5-16(15(17)11-13)20-14-6-9-19-10-7-14/h4-5,11-12,14,18H,3,6-10H2,1-2H3. The Morgan fingerprint density at radius 2 is 2.15 bits per heavy atom. The van der Waals surface area contributed by atoms with E-state index >= 15 is 0 Å². The highest BCUT2D eigenvalue weighted by atomic mass is 19.1. The van der Waals surface area contributed by atoms with Crippen LogP contribution in [-0.4, -0.2) is 25.9 Å². The molecule has 0 bridgehead atoms. The van der Waals surface area contributed by atoms with Crippen LogP contribution in [0.2, 0.25) is 0 Å². The Labute approximate surface area is 120 Å². The maximum absolute atomic E-state index is 14.1. The van der Waals surface area contributed by atoms with Crippen molar-refractivity contribution < 1.29 is 13.9 Å². The van der Waals surface area contributed by atoms with E-state index in [1.807, 2.05) is 13.0 Å². The van der Waals surface area contributed by atoms with Gasteiger partial charge >= 0.3 is 0 Å². The van der Waals surface area contributed by atoms with Gasteiger partial charge in [-0.25, -0.2) is 4.39 Å². The van der Waals surface area contributed by atoms with Gasteiger partial charge in [0.05, 0.1) is 13.2 Å². The normalized spacial score (nSPS) is 17.9.